The molecule has 0 saturated carbocycles. The van der Waals surface area contributed by atoms with Gasteiger partial charge in [0, 0.05) is 19.6 Å². The van der Waals surface area contributed by atoms with E-state index in [0.29, 0.717) is 6.54 Å². The van der Waals surface area contributed by atoms with Gasteiger partial charge in [-0.15, -0.1) is 0 Å². The number of hydrogen-bond donors (Lipinski definition) is 2. The SMILES string of the molecule is Cc1cccc2c1NCCN2CC(C)(C)O. The van der Waals surface area contributed by atoms with Crippen LogP contribution in [0.25, 0.3) is 0 Å². The second-order valence-corrected chi connectivity index (χ2v) is 5.13. The molecular weight excluding hydrogens is 200 g/mol. The van der Waals surface area contributed by atoms with Crippen LogP contribution in [0.3, 0.4) is 0 Å². The fourth-order valence-corrected chi connectivity index (χ4v) is 2.21. The Bertz CT molecular complexity index is 382. The molecule has 3 nitrogen and oxygen atoms in total. The molecule has 0 saturated heterocycles. The summed E-state index contributed by atoms with van der Waals surface area (Å²) in [5.74, 6) is 0. The highest BCUT2D eigenvalue weighted by molar-refractivity contribution is 5.75. The lowest BCUT2D eigenvalue weighted by Crippen LogP contribution is -2.43. The highest BCUT2D eigenvalue weighted by atomic mass is 16.3. The highest BCUT2D eigenvalue weighted by Crippen LogP contribution is 2.32. The molecule has 3 heteroatoms. The van der Waals surface area contributed by atoms with Crippen LogP contribution < -0.4 is 10.2 Å². The summed E-state index contributed by atoms with van der Waals surface area (Å²) >= 11 is 0. The minimum absolute atomic E-state index is 0.654. The number of hydrogen-bond acceptors (Lipinski definition) is 3. The molecule has 0 bridgehead atoms. The summed E-state index contributed by atoms with van der Waals surface area (Å²) in [5.41, 5.74) is 3.02. The van der Waals surface area contributed by atoms with Gasteiger partial charge in [-0.1, -0.05) is 12.1 Å². The molecule has 0 atom stereocenters. The van der Waals surface area contributed by atoms with Crippen molar-refractivity contribution in [2.45, 2.75) is 26.4 Å². The average Bonchev–Trinajstić information content (AvgIpc) is 2.17. The van der Waals surface area contributed by atoms with Crippen molar-refractivity contribution in [3.8, 4) is 0 Å². The Balaban J connectivity index is 2.30. The second-order valence-electron chi connectivity index (χ2n) is 5.13. The van der Waals surface area contributed by atoms with Crippen LogP contribution in [0.5, 0.6) is 0 Å². The van der Waals surface area contributed by atoms with Gasteiger partial charge in [-0.25, -0.2) is 0 Å². The standard InChI is InChI=1S/C13H20N2O/c1-10-5-4-6-11-12(10)14-7-8-15(11)9-13(2,3)16/h4-6,14,16H,7-9H2,1-3H3. The number of β-amino-alcohol motifs (C(OH)–C–C–N with tert-alkyl or cyclic N) is 1. The maximum atomic E-state index is 9.90. The molecule has 88 valence electrons. The smallest absolute Gasteiger partial charge is 0.0765 e. The molecule has 1 aliphatic heterocycles. The number of para-hydroxylation sites is 1. The van der Waals surface area contributed by atoms with Crippen molar-refractivity contribution in [2.75, 3.05) is 29.9 Å². The zero-order valence-corrected chi connectivity index (χ0v) is 10.2. The Morgan fingerprint density at radius 3 is 2.88 bits per heavy atom. The lowest BCUT2D eigenvalue weighted by atomic mass is 10.1. The Kier molecular flexibility index (Phi) is 2.80. The van der Waals surface area contributed by atoms with Crippen LogP contribution in [-0.2, 0) is 0 Å². The summed E-state index contributed by atoms with van der Waals surface area (Å²) in [6, 6.07) is 6.29. The van der Waals surface area contributed by atoms with E-state index in [9.17, 15) is 5.11 Å². The molecule has 0 aromatic heterocycles. The van der Waals surface area contributed by atoms with Gasteiger partial charge in [0.05, 0.1) is 17.0 Å². The number of benzene rings is 1. The summed E-state index contributed by atoms with van der Waals surface area (Å²) in [5, 5.41) is 13.3. The highest BCUT2D eigenvalue weighted by Gasteiger charge is 2.23. The molecule has 0 unspecified atom stereocenters. The summed E-state index contributed by atoms with van der Waals surface area (Å²) in [6.07, 6.45) is 0. The van der Waals surface area contributed by atoms with E-state index in [0.717, 1.165) is 13.1 Å². The van der Waals surface area contributed by atoms with Crippen LogP contribution in [0.15, 0.2) is 18.2 Å². The van der Waals surface area contributed by atoms with Crippen LogP contribution in [0.4, 0.5) is 11.4 Å². The average molecular weight is 220 g/mol. The first-order chi connectivity index (χ1) is 7.47. The first-order valence-corrected chi connectivity index (χ1v) is 5.78. The van der Waals surface area contributed by atoms with Crippen LogP contribution in [0, 0.1) is 6.92 Å². The van der Waals surface area contributed by atoms with Gasteiger partial charge in [-0.3, -0.25) is 0 Å². The Hall–Kier alpha value is -1.22. The largest absolute Gasteiger partial charge is 0.389 e. The molecular formula is C13H20N2O. The predicted molar refractivity (Wildman–Crippen MR) is 68.2 cm³/mol. The molecule has 0 spiro atoms. The monoisotopic (exact) mass is 220 g/mol. The lowest BCUT2D eigenvalue weighted by Gasteiger charge is -2.36. The molecule has 1 aliphatic rings. The van der Waals surface area contributed by atoms with E-state index in [2.05, 4.69) is 35.3 Å². The van der Waals surface area contributed by atoms with Gasteiger partial charge in [-0.05, 0) is 32.4 Å². The van der Waals surface area contributed by atoms with Gasteiger partial charge in [0.1, 0.15) is 0 Å². The van der Waals surface area contributed by atoms with Crippen molar-refractivity contribution in [1.82, 2.24) is 0 Å². The minimum Gasteiger partial charge on any atom is -0.389 e. The molecule has 2 N–H and O–H groups in total. The number of aliphatic hydroxyl groups is 1. The summed E-state index contributed by atoms with van der Waals surface area (Å²) in [7, 11) is 0. The molecule has 0 aliphatic carbocycles. The van der Waals surface area contributed by atoms with Crippen molar-refractivity contribution in [3.63, 3.8) is 0 Å². The molecule has 1 aromatic rings. The van der Waals surface area contributed by atoms with E-state index in [-0.39, 0.29) is 0 Å². The minimum atomic E-state index is -0.654. The van der Waals surface area contributed by atoms with Gasteiger partial charge < -0.3 is 15.3 Å². The molecule has 16 heavy (non-hydrogen) atoms. The van der Waals surface area contributed by atoms with Crippen molar-refractivity contribution < 1.29 is 5.11 Å². The maximum absolute atomic E-state index is 9.90. The number of nitrogens with one attached hydrogen (secondary N) is 1. The van der Waals surface area contributed by atoms with E-state index in [1.165, 1.54) is 16.9 Å². The number of aryl methyl sites for hydroxylation is 1. The third-order valence-electron chi connectivity index (χ3n) is 2.85. The number of rotatable bonds is 2. The summed E-state index contributed by atoms with van der Waals surface area (Å²) < 4.78 is 0. The normalized spacial score (nSPS) is 15.6. The quantitative estimate of drug-likeness (QED) is 0.800. The Labute approximate surface area is 97.1 Å². The van der Waals surface area contributed by atoms with Crippen LogP contribution in [0.1, 0.15) is 19.4 Å². The van der Waals surface area contributed by atoms with E-state index < -0.39 is 5.60 Å². The van der Waals surface area contributed by atoms with E-state index >= 15 is 0 Å². The molecule has 1 heterocycles. The fourth-order valence-electron chi connectivity index (χ4n) is 2.21. The summed E-state index contributed by atoms with van der Waals surface area (Å²) in [4.78, 5) is 2.25. The number of anilines is 2. The van der Waals surface area contributed by atoms with E-state index in [1.54, 1.807) is 0 Å². The van der Waals surface area contributed by atoms with E-state index in [4.69, 9.17) is 0 Å². The Morgan fingerprint density at radius 2 is 2.19 bits per heavy atom. The molecule has 0 radical (unpaired) electrons. The Morgan fingerprint density at radius 1 is 1.44 bits per heavy atom. The number of nitrogens with zero attached hydrogens (tertiary/aromatic N) is 1. The van der Waals surface area contributed by atoms with Crippen molar-refractivity contribution >= 4 is 11.4 Å². The molecule has 0 amide bonds. The first kappa shape index (κ1) is 11.3. The van der Waals surface area contributed by atoms with Gasteiger partial charge in [0.15, 0.2) is 0 Å². The predicted octanol–water partition coefficient (Wildman–Crippen LogP) is 2.00. The van der Waals surface area contributed by atoms with Gasteiger partial charge in [0.2, 0.25) is 0 Å². The van der Waals surface area contributed by atoms with Crippen molar-refractivity contribution in [2.24, 2.45) is 0 Å². The summed E-state index contributed by atoms with van der Waals surface area (Å²) in [6.45, 7) is 8.37. The third-order valence-corrected chi connectivity index (χ3v) is 2.85. The third kappa shape index (κ3) is 2.30. The van der Waals surface area contributed by atoms with Gasteiger partial charge >= 0.3 is 0 Å². The molecule has 0 fully saturated rings. The molecule has 2 rings (SSSR count). The fraction of sp³-hybridized carbons (Fsp3) is 0.538. The second kappa shape index (κ2) is 3.98. The van der Waals surface area contributed by atoms with E-state index in [1.807, 2.05) is 13.8 Å². The van der Waals surface area contributed by atoms with Crippen molar-refractivity contribution in [3.05, 3.63) is 23.8 Å². The topological polar surface area (TPSA) is 35.5 Å². The number of fused-ring (bicyclic) bond motifs is 1. The van der Waals surface area contributed by atoms with Gasteiger partial charge in [0.25, 0.3) is 0 Å². The maximum Gasteiger partial charge on any atom is 0.0765 e. The van der Waals surface area contributed by atoms with Gasteiger partial charge in [-0.2, -0.15) is 0 Å². The van der Waals surface area contributed by atoms with Crippen LogP contribution >= 0.6 is 0 Å². The zero-order chi connectivity index (χ0) is 11.8. The molecule has 1 aromatic carbocycles. The first-order valence-electron chi connectivity index (χ1n) is 5.78. The zero-order valence-electron chi connectivity index (χ0n) is 10.2. The van der Waals surface area contributed by atoms with Crippen LogP contribution in [-0.4, -0.2) is 30.3 Å². The lowest BCUT2D eigenvalue weighted by molar-refractivity contribution is 0.0874. The van der Waals surface area contributed by atoms with Crippen LogP contribution in [0.2, 0.25) is 0 Å². The van der Waals surface area contributed by atoms with Crippen molar-refractivity contribution in [1.29, 1.82) is 0 Å².